The highest BCUT2D eigenvalue weighted by Crippen LogP contribution is 2.35. The van der Waals surface area contributed by atoms with Crippen LogP contribution in [0, 0.1) is 5.82 Å². The van der Waals surface area contributed by atoms with E-state index in [1.54, 1.807) is 9.80 Å². The molecule has 0 spiro atoms. The summed E-state index contributed by atoms with van der Waals surface area (Å²) in [7, 11) is 0. The zero-order valence-corrected chi connectivity index (χ0v) is 19.3. The van der Waals surface area contributed by atoms with E-state index in [4.69, 9.17) is 4.74 Å². The van der Waals surface area contributed by atoms with Gasteiger partial charge in [0.1, 0.15) is 11.4 Å². The molecule has 9 heteroatoms. The van der Waals surface area contributed by atoms with Gasteiger partial charge in [0.05, 0.1) is 27.3 Å². The third kappa shape index (κ3) is 3.57. The minimum atomic E-state index is -0.577. The van der Waals surface area contributed by atoms with E-state index in [2.05, 4.69) is 21.0 Å². The Balaban J connectivity index is 1.70. The number of carbonyl (C=O) groups excluding carboxylic acids is 2. The van der Waals surface area contributed by atoms with Gasteiger partial charge in [-0.3, -0.25) is 9.48 Å². The summed E-state index contributed by atoms with van der Waals surface area (Å²) in [5.41, 5.74) is 1.19. The minimum absolute atomic E-state index is 0.178. The zero-order valence-electron chi connectivity index (χ0n) is 17.7. The molecule has 0 unspecified atom stereocenters. The normalized spacial score (nSPS) is 19.5. The third-order valence-corrected chi connectivity index (χ3v) is 6.39. The number of aryl methyl sites for hydroxylation is 2. The number of nitrogens with zero attached hydrogens (tertiary/aromatic N) is 4. The number of hydrogen-bond donors (Lipinski definition) is 0. The fourth-order valence-electron chi connectivity index (χ4n) is 4.25. The van der Waals surface area contributed by atoms with Crippen molar-refractivity contribution in [2.24, 2.45) is 0 Å². The minimum Gasteiger partial charge on any atom is -0.444 e. The van der Waals surface area contributed by atoms with Gasteiger partial charge in [-0.05, 0) is 55.6 Å². The van der Waals surface area contributed by atoms with Crippen molar-refractivity contribution in [1.29, 1.82) is 0 Å². The van der Waals surface area contributed by atoms with Crippen LogP contribution >= 0.6 is 15.9 Å². The van der Waals surface area contributed by atoms with Gasteiger partial charge in [0.2, 0.25) is 0 Å². The Morgan fingerprint density at radius 3 is 2.73 bits per heavy atom. The molecular weight excluding hydrogens is 455 g/mol. The van der Waals surface area contributed by atoms with Crippen LogP contribution in [0.1, 0.15) is 50.2 Å². The SMILES string of the molecule is CCc1nn2c3c(cc(F)c(Br)c13)C(=O)N1CCN(C(=O)OC(C)(C)C)C[C@@H]1CC2. The van der Waals surface area contributed by atoms with E-state index in [9.17, 15) is 14.0 Å². The number of ether oxygens (including phenoxy) is 1. The summed E-state index contributed by atoms with van der Waals surface area (Å²) in [5, 5.41) is 5.33. The van der Waals surface area contributed by atoms with Gasteiger partial charge in [-0.2, -0.15) is 5.10 Å². The van der Waals surface area contributed by atoms with Gasteiger partial charge < -0.3 is 14.5 Å². The molecule has 4 rings (SSSR count). The lowest BCUT2D eigenvalue weighted by Gasteiger charge is -2.42. The smallest absolute Gasteiger partial charge is 0.410 e. The first-order valence-corrected chi connectivity index (χ1v) is 11.1. The third-order valence-electron chi connectivity index (χ3n) is 5.61. The quantitative estimate of drug-likeness (QED) is 0.619. The predicted molar refractivity (Wildman–Crippen MR) is 114 cm³/mol. The molecule has 2 amide bonds. The van der Waals surface area contributed by atoms with Crippen LogP contribution in [0.5, 0.6) is 0 Å². The maximum absolute atomic E-state index is 14.7. The molecular formula is C21H26BrFN4O3. The number of piperazine rings is 1. The maximum atomic E-state index is 14.7. The highest BCUT2D eigenvalue weighted by molar-refractivity contribution is 9.10. The number of aromatic nitrogens is 2. The number of carbonyl (C=O) groups is 2. The second-order valence-electron chi connectivity index (χ2n) is 8.83. The Hall–Kier alpha value is -2.16. The second kappa shape index (κ2) is 7.51. The maximum Gasteiger partial charge on any atom is 0.410 e. The van der Waals surface area contributed by atoms with Crippen LogP contribution in [0.2, 0.25) is 0 Å². The second-order valence-corrected chi connectivity index (χ2v) is 9.63. The largest absolute Gasteiger partial charge is 0.444 e. The van der Waals surface area contributed by atoms with Crippen molar-refractivity contribution in [3.05, 3.63) is 27.6 Å². The van der Waals surface area contributed by atoms with Gasteiger partial charge in [-0.15, -0.1) is 0 Å². The summed E-state index contributed by atoms with van der Waals surface area (Å²) in [6.07, 6.45) is 0.916. The lowest BCUT2D eigenvalue weighted by molar-refractivity contribution is 0.00275. The molecule has 0 N–H and O–H groups in total. The van der Waals surface area contributed by atoms with Crippen molar-refractivity contribution < 1.29 is 18.7 Å². The van der Waals surface area contributed by atoms with Gasteiger partial charge in [0, 0.05) is 31.6 Å². The van der Waals surface area contributed by atoms with Crippen LogP contribution < -0.4 is 0 Å². The lowest BCUT2D eigenvalue weighted by Crippen LogP contribution is -2.57. The monoisotopic (exact) mass is 480 g/mol. The number of halogens is 2. The van der Waals surface area contributed by atoms with E-state index >= 15 is 0 Å². The fraction of sp³-hybridized carbons (Fsp3) is 0.571. The molecule has 2 aliphatic rings. The predicted octanol–water partition coefficient (Wildman–Crippen LogP) is 3.97. The van der Waals surface area contributed by atoms with Crippen LogP contribution in [-0.2, 0) is 17.7 Å². The first kappa shape index (κ1) is 21.1. The van der Waals surface area contributed by atoms with Crippen LogP contribution in [0.15, 0.2) is 10.5 Å². The van der Waals surface area contributed by atoms with E-state index in [0.717, 1.165) is 5.69 Å². The summed E-state index contributed by atoms with van der Waals surface area (Å²) in [4.78, 5) is 29.4. The molecule has 1 aromatic carbocycles. The topological polar surface area (TPSA) is 67.7 Å². The van der Waals surface area contributed by atoms with Crippen molar-refractivity contribution >= 4 is 38.8 Å². The lowest BCUT2D eigenvalue weighted by atomic mass is 10.0. The molecule has 1 atom stereocenters. The van der Waals surface area contributed by atoms with Crippen molar-refractivity contribution in [3.8, 4) is 0 Å². The first-order chi connectivity index (χ1) is 14.1. The first-order valence-electron chi connectivity index (χ1n) is 10.3. The summed E-state index contributed by atoms with van der Waals surface area (Å²) in [6.45, 7) is 9.20. The van der Waals surface area contributed by atoms with E-state index in [0.29, 0.717) is 60.0 Å². The molecule has 1 aromatic heterocycles. The van der Waals surface area contributed by atoms with Gasteiger partial charge in [-0.1, -0.05) is 6.92 Å². The van der Waals surface area contributed by atoms with Crippen molar-refractivity contribution in [1.82, 2.24) is 19.6 Å². The number of fused-ring (bicyclic) bond motifs is 1. The molecule has 2 aliphatic heterocycles. The van der Waals surface area contributed by atoms with E-state index in [1.165, 1.54) is 6.07 Å². The van der Waals surface area contributed by atoms with E-state index in [-0.39, 0.29) is 18.0 Å². The van der Waals surface area contributed by atoms with Crippen molar-refractivity contribution in [2.45, 2.75) is 58.7 Å². The Kier molecular flexibility index (Phi) is 5.28. The number of amides is 2. The fourth-order valence-corrected chi connectivity index (χ4v) is 4.79. The standard InChI is InChI=1S/C21H26BrFN4O3/c1-5-15-16-17(22)14(23)10-13-18(16)27(24-15)7-6-12-11-25(8-9-26(12)19(13)28)20(29)30-21(2,3)4/h10,12H,5-9,11H2,1-4H3/t12-/m0/s1. The average molecular weight is 481 g/mol. The highest BCUT2D eigenvalue weighted by atomic mass is 79.9. The number of rotatable bonds is 1. The highest BCUT2D eigenvalue weighted by Gasteiger charge is 2.37. The molecule has 2 aromatic rings. The summed E-state index contributed by atoms with van der Waals surface area (Å²) >= 11 is 3.34. The molecule has 3 heterocycles. The van der Waals surface area contributed by atoms with E-state index < -0.39 is 11.4 Å². The molecule has 0 aliphatic carbocycles. The molecule has 30 heavy (non-hydrogen) atoms. The van der Waals surface area contributed by atoms with Gasteiger partial charge in [-0.25, -0.2) is 9.18 Å². The van der Waals surface area contributed by atoms with Crippen LogP contribution in [0.3, 0.4) is 0 Å². The average Bonchev–Trinajstić information content (AvgIpc) is 3.05. The Morgan fingerprint density at radius 1 is 1.33 bits per heavy atom. The summed E-state index contributed by atoms with van der Waals surface area (Å²) < 4.78 is 22.3. The molecule has 1 saturated heterocycles. The van der Waals surface area contributed by atoms with Crippen molar-refractivity contribution in [3.63, 3.8) is 0 Å². The molecule has 7 nitrogen and oxygen atoms in total. The molecule has 0 radical (unpaired) electrons. The zero-order chi connectivity index (χ0) is 21.8. The van der Waals surface area contributed by atoms with E-state index in [1.807, 2.05) is 32.4 Å². The van der Waals surface area contributed by atoms with Gasteiger partial charge in [0.25, 0.3) is 5.91 Å². The number of hydrogen-bond acceptors (Lipinski definition) is 4. The Labute approximate surface area is 183 Å². The van der Waals surface area contributed by atoms with Crippen LogP contribution in [0.25, 0.3) is 10.9 Å². The van der Waals surface area contributed by atoms with Crippen LogP contribution in [0.4, 0.5) is 9.18 Å². The van der Waals surface area contributed by atoms with Gasteiger partial charge >= 0.3 is 6.09 Å². The summed E-state index contributed by atoms with van der Waals surface area (Å²) in [6, 6.07) is 1.12. The Bertz CT molecular complexity index is 1030. The molecule has 0 saturated carbocycles. The molecule has 162 valence electrons. The van der Waals surface area contributed by atoms with Crippen molar-refractivity contribution in [2.75, 3.05) is 19.6 Å². The molecule has 1 fully saturated rings. The molecule has 0 bridgehead atoms. The van der Waals surface area contributed by atoms with Crippen LogP contribution in [-0.4, -0.2) is 62.9 Å². The van der Waals surface area contributed by atoms with Gasteiger partial charge in [0.15, 0.2) is 0 Å². The summed E-state index contributed by atoms with van der Waals surface area (Å²) in [5.74, 6) is -0.687. The number of benzene rings is 1. The Morgan fingerprint density at radius 2 is 2.07 bits per heavy atom.